The van der Waals surface area contributed by atoms with Gasteiger partial charge in [-0.15, -0.1) is 0 Å². The topological polar surface area (TPSA) is 57.5 Å². The summed E-state index contributed by atoms with van der Waals surface area (Å²) in [7, 11) is 0. The Balaban J connectivity index is 1.58. The van der Waals surface area contributed by atoms with E-state index in [9.17, 15) is 15.0 Å². The molecular formula is C20H28O3. The van der Waals surface area contributed by atoms with Crippen molar-refractivity contribution in [2.75, 3.05) is 0 Å². The number of hydrogen-bond acceptors (Lipinski definition) is 3. The van der Waals surface area contributed by atoms with Gasteiger partial charge >= 0.3 is 0 Å². The lowest BCUT2D eigenvalue weighted by Gasteiger charge is -2.61. The highest BCUT2D eigenvalue weighted by Crippen LogP contribution is 2.71. The molecule has 0 heterocycles. The van der Waals surface area contributed by atoms with Crippen LogP contribution in [-0.4, -0.2) is 27.7 Å². The van der Waals surface area contributed by atoms with E-state index in [-0.39, 0.29) is 16.9 Å². The molecule has 3 heteroatoms. The zero-order valence-corrected chi connectivity index (χ0v) is 14.2. The van der Waals surface area contributed by atoms with Crippen molar-refractivity contribution in [3.8, 4) is 0 Å². The molecule has 5 aliphatic rings. The van der Waals surface area contributed by atoms with E-state index in [1.165, 1.54) is 0 Å². The van der Waals surface area contributed by atoms with Crippen molar-refractivity contribution in [2.45, 2.75) is 64.1 Å². The lowest BCUT2D eigenvalue weighted by molar-refractivity contribution is -0.169. The van der Waals surface area contributed by atoms with Crippen molar-refractivity contribution in [3.63, 3.8) is 0 Å². The van der Waals surface area contributed by atoms with E-state index >= 15 is 0 Å². The van der Waals surface area contributed by atoms with Gasteiger partial charge in [-0.3, -0.25) is 4.79 Å². The van der Waals surface area contributed by atoms with Crippen LogP contribution in [0.2, 0.25) is 0 Å². The standard InChI is InChI=1S/C20H28O3/c1-18-6-5-15-12(16(18)13-9-14(13)17(18)22)4-8-20(23)10-11(21)3-7-19(15,20)2/h4,8,11-16,21,23H,3,5-7,9-10H2,1-2H3. The quantitative estimate of drug-likeness (QED) is 0.676. The first-order valence-electron chi connectivity index (χ1n) is 9.44. The third kappa shape index (κ3) is 1.57. The second-order valence-corrected chi connectivity index (χ2v) is 9.63. The van der Waals surface area contributed by atoms with Crippen LogP contribution in [0.4, 0.5) is 0 Å². The van der Waals surface area contributed by atoms with Crippen LogP contribution in [0, 0.1) is 40.4 Å². The smallest absolute Gasteiger partial charge is 0.142 e. The highest BCUT2D eigenvalue weighted by Gasteiger charge is 2.71. The average molecular weight is 316 g/mol. The van der Waals surface area contributed by atoms with E-state index in [2.05, 4.69) is 19.9 Å². The van der Waals surface area contributed by atoms with Crippen LogP contribution in [0.25, 0.3) is 0 Å². The summed E-state index contributed by atoms with van der Waals surface area (Å²) in [5.41, 5.74) is -1.13. The van der Waals surface area contributed by atoms with Crippen molar-refractivity contribution < 1.29 is 15.0 Å². The molecule has 0 aliphatic heterocycles. The van der Waals surface area contributed by atoms with Gasteiger partial charge in [-0.05, 0) is 55.8 Å². The Morgan fingerprint density at radius 3 is 2.78 bits per heavy atom. The van der Waals surface area contributed by atoms with Crippen LogP contribution in [0.3, 0.4) is 0 Å². The Morgan fingerprint density at radius 2 is 2.00 bits per heavy atom. The molecule has 5 aliphatic carbocycles. The van der Waals surface area contributed by atoms with Crippen LogP contribution >= 0.6 is 0 Å². The van der Waals surface area contributed by atoms with Gasteiger partial charge in [0.15, 0.2) is 0 Å². The molecule has 5 rings (SSSR count). The number of allylic oxidation sites excluding steroid dienone is 1. The Labute approximate surface area is 138 Å². The fourth-order valence-corrected chi connectivity index (χ4v) is 7.28. The zero-order chi connectivity index (χ0) is 16.2. The second-order valence-electron chi connectivity index (χ2n) is 9.63. The molecule has 0 aromatic heterocycles. The minimum absolute atomic E-state index is 0.112. The number of Topliss-reactive ketones (excluding diaryl/α,β-unsaturated/α-hetero) is 1. The number of aliphatic hydroxyl groups is 2. The van der Waals surface area contributed by atoms with Gasteiger partial charge in [0, 0.05) is 23.2 Å². The molecule has 9 atom stereocenters. The molecule has 9 unspecified atom stereocenters. The van der Waals surface area contributed by atoms with Crippen LogP contribution < -0.4 is 0 Å². The van der Waals surface area contributed by atoms with Gasteiger partial charge in [-0.2, -0.15) is 0 Å². The lowest BCUT2D eigenvalue weighted by Crippen LogP contribution is -2.61. The predicted molar refractivity (Wildman–Crippen MR) is 86.5 cm³/mol. The SMILES string of the molecule is CC12CCC3C(C=CC4(O)CC(O)CCC34C)C1C1CC1C2=O. The zero-order valence-electron chi connectivity index (χ0n) is 14.2. The molecule has 0 radical (unpaired) electrons. The third-order valence-electron chi connectivity index (χ3n) is 8.74. The van der Waals surface area contributed by atoms with E-state index in [1.807, 2.05) is 6.08 Å². The molecule has 0 aromatic rings. The van der Waals surface area contributed by atoms with Gasteiger partial charge in [0.25, 0.3) is 0 Å². The van der Waals surface area contributed by atoms with Crippen molar-refractivity contribution in [1.82, 2.24) is 0 Å². The van der Waals surface area contributed by atoms with Crippen LogP contribution in [0.5, 0.6) is 0 Å². The number of rotatable bonds is 0. The molecule has 3 nitrogen and oxygen atoms in total. The number of carbonyl (C=O) groups excluding carboxylic acids is 1. The molecule has 4 saturated carbocycles. The summed E-state index contributed by atoms with van der Waals surface area (Å²) in [6.45, 7) is 4.45. The molecule has 0 aromatic carbocycles. The van der Waals surface area contributed by atoms with Gasteiger partial charge in [0.1, 0.15) is 5.78 Å². The maximum Gasteiger partial charge on any atom is 0.142 e. The highest BCUT2D eigenvalue weighted by molar-refractivity contribution is 5.92. The van der Waals surface area contributed by atoms with Gasteiger partial charge in [0.2, 0.25) is 0 Å². The summed E-state index contributed by atoms with van der Waals surface area (Å²) in [6, 6.07) is 0. The van der Waals surface area contributed by atoms with Crippen LogP contribution in [0.15, 0.2) is 12.2 Å². The normalized spacial score (nSPS) is 63.0. The van der Waals surface area contributed by atoms with Gasteiger partial charge in [0.05, 0.1) is 11.7 Å². The van der Waals surface area contributed by atoms with Crippen molar-refractivity contribution in [3.05, 3.63) is 12.2 Å². The average Bonchev–Trinajstić information content (AvgIpc) is 3.23. The number of aliphatic hydroxyl groups excluding tert-OH is 1. The lowest BCUT2D eigenvalue weighted by atomic mass is 9.45. The molecule has 0 bridgehead atoms. The molecule has 4 fully saturated rings. The largest absolute Gasteiger partial charge is 0.393 e. The number of hydrogen-bond donors (Lipinski definition) is 2. The first kappa shape index (κ1) is 14.7. The first-order valence-corrected chi connectivity index (χ1v) is 9.44. The summed E-state index contributed by atoms with van der Waals surface area (Å²) in [6.07, 6.45) is 9.15. The summed E-state index contributed by atoms with van der Waals surface area (Å²) < 4.78 is 0. The molecule has 0 spiro atoms. The summed E-state index contributed by atoms with van der Waals surface area (Å²) in [4.78, 5) is 12.7. The Morgan fingerprint density at radius 1 is 1.22 bits per heavy atom. The monoisotopic (exact) mass is 316 g/mol. The van der Waals surface area contributed by atoms with Gasteiger partial charge in [-0.25, -0.2) is 0 Å². The van der Waals surface area contributed by atoms with E-state index in [0.717, 1.165) is 32.1 Å². The first-order chi connectivity index (χ1) is 10.8. The van der Waals surface area contributed by atoms with E-state index in [1.54, 1.807) is 0 Å². The molecule has 0 saturated heterocycles. The molecule has 23 heavy (non-hydrogen) atoms. The summed E-state index contributed by atoms with van der Waals surface area (Å²) in [5.74, 6) is 2.87. The van der Waals surface area contributed by atoms with Crippen LogP contribution in [0.1, 0.15) is 52.4 Å². The van der Waals surface area contributed by atoms with E-state index < -0.39 is 5.60 Å². The van der Waals surface area contributed by atoms with Crippen LogP contribution in [-0.2, 0) is 4.79 Å². The Hall–Kier alpha value is -0.670. The van der Waals surface area contributed by atoms with Gasteiger partial charge in [-0.1, -0.05) is 26.0 Å². The van der Waals surface area contributed by atoms with Gasteiger partial charge < -0.3 is 10.2 Å². The maximum absolute atomic E-state index is 12.7. The van der Waals surface area contributed by atoms with Crippen molar-refractivity contribution >= 4 is 5.78 Å². The van der Waals surface area contributed by atoms with Crippen molar-refractivity contribution in [2.24, 2.45) is 40.4 Å². The summed E-state index contributed by atoms with van der Waals surface area (Å²) >= 11 is 0. The Bertz CT molecular complexity index is 612. The fraction of sp³-hybridized carbons (Fsp3) is 0.850. The molecule has 0 amide bonds. The van der Waals surface area contributed by atoms with Crippen molar-refractivity contribution in [1.29, 1.82) is 0 Å². The van der Waals surface area contributed by atoms with E-state index in [4.69, 9.17) is 0 Å². The highest BCUT2D eigenvalue weighted by atomic mass is 16.3. The minimum Gasteiger partial charge on any atom is -0.393 e. The number of carbonyl (C=O) groups is 1. The summed E-state index contributed by atoms with van der Waals surface area (Å²) in [5, 5.41) is 21.3. The van der Waals surface area contributed by atoms with E-state index in [0.29, 0.717) is 41.8 Å². The minimum atomic E-state index is -0.870. The number of ketones is 1. The third-order valence-corrected chi connectivity index (χ3v) is 8.74. The fourth-order valence-electron chi connectivity index (χ4n) is 7.28. The molecule has 2 N–H and O–H groups in total. The molecular weight excluding hydrogens is 288 g/mol. The molecule has 126 valence electrons. The predicted octanol–water partition coefficient (Wildman–Crippen LogP) is 2.71. The maximum atomic E-state index is 12.7. The number of fused-ring (bicyclic) bond motifs is 7. The second kappa shape index (κ2) is 4.11. The Kier molecular flexibility index (Phi) is 2.62.